The molecule has 2 atom stereocenters. The first kappa shape index (κ1) is 14.2. The van der Waals surface area contributed by atoms with E-state index >= 15 is 0 Å². The summed E-state index contributed by atoms with van der Waals surface area (Å²) in [6.45, 7) is 0. The second kappa shape index (κ2) is 5.86. The van der Waals surface area contributed by atoms with Crippen LogP contribution in [0.4, 0.5) is 4.39 Å². The van der Waals surface area contributed by atoms with Crippen molar-refractivity contribution in [1.29, 1.82) is 0 Å². The number of rotatable bonds is 4. The fourth-order valence-corrected chi connectivity index (χ4v) is 2.41. The molecule has 0 aromatic heterocycles. The fourth-order valence-electron chi connectivity index (χ4n) is 2.41. The van der Waals surface area contributed by atoms with Crippen LogP contribution in [0.15, 0.2) is 30.4 Å². The zero-order valence-electron chi connectivity index (χ0n) is 11.0. The minimum Gasteiger partial charge on any atom is -0.494 e. The van der Waals surface area contributed by atoms with Gasteiger partial charge in [0.1, 0.15) is 0 Å². The molecule has 1 aliphatic carbocycles. The van der Waals surface area contributed by atoms with E-state index in [1.807, 2.05) is 0 Å². The standard InChI is InChI=1S/C15H15FO4/c1-20-13-7-6-9(8-12(13)16)14(17)10-4-2-3-5-11(10)15(18)19/h2-3,6-8,10-11H,4-5H2,1H3,(H,18,19)/t10-,11+/m0/s1. The lowest BCUT2D eigenvalue weighted by molar-refractivity contribution is -0.143. The Labute approximate surface area is 115 Å². The van der Waals surface area contributed by atoms with Crippen molar-refractivity contribution in [2.75, 3.05) is 7.11 Å². The third kappa shape index (κ3) is 2.71. The van der Waals surface area contributed by atoms with Gasteiger partial charge in [0.15, 0.2) is 17.3 Å². The number of ketones is 1. The lowest BCUT2D eigenvalue weighted by Gasteiger charge is -2.24. The Morgan fingerprint density at radius 1 is 1.25 bits per heavy atom. The van der Waals surface area contributed by atoms with Gasteiger partial charge in [-0.2, -0.15) is 0 Å². The number of ether oxygens (including phenoxy) is 1. The quantitative estimate of drug-likeness (QED) is 0.679. The largest absolute Gasteiger partial charge is 0.494 e. The maximum atomic E-state index is 13.6. The molecule has 1 aliphatic rings. The predicted molar refractivity (Wildman–Crippen MR) is 70.3 cm³/mol. The summed E-state index contributed by atoms with van der Waals surface area (Å²) < 4.78 is 18.4. The van der Waals surface area contributed by atoms with Crippen molar-refractivity contribution in [2.24, 2.45) is 11.8 Å². The summed E-state index contributed by atoms with van der Waals surface area (Å²) in [5.74, 6) is -3.32. The van der Waals surface area contributed by atoms with Gasteiger partial charge in [-0.1, -0.05) is 12.2 Å². The molecule has 1 aromatic carbocycles. The van der Waals surface area contributed by atoms with Gasteiger partial charge < -0.3 is 9.84 Å². The first-order valence-corrected chi connectivity index (χ1v) is 6.30. The Morgan fingerprint density at radius 3 is 2.45 bits per heavy atom. The first-order valence-electron chi connectivity index (χ1n) is 6.30. The van der Waals surface area contributed by atoms with Crippen molar-refractivity contribution in [1.82, 2.24) is 0 Å². The molecule has 0 amide bonds. The number of carboxylic acid groups (broad SMARTS) is 1. The van der Waals surface area contributed by atoms with Crippen molar-refractivity contribution >= 4 is 11.8 Å². The molecule has 1 N–H and O–H groups in total. The minimum absolute atomic E-state index is 0.0554. The molecular formula is C15H15FO4. The molecule has 0 spiro atoms. The second-order valence-electron chi connectivity index (χ2n) is 4.71. The van der Waals surface area contributed by atoms with Crippen LogP contribution in [-0.4, -0.2) is 24.0 Å². The van der Waals surface area contributed by atoms with Gasteiger partial charge >= 0.3 is 5.97 Å². The van der Waals surface area contributed by atoms with Gasteiger partial charge in [-0.05, 0) is 31.0 Å². The highest BCUT2D eigenvalue weighted by atomic mass is 19.1. The molecule has 4 nitrogen and oxygen atoms in total. The molecule has 20 heavy (non-hydrogen) atoms. The second-order valence-corrected chi connectivity index (χ2v) is 4.71. The Bertz CT molecular complexity index is 565. The number of Topliss-reactive ketones (excluding diaryl/α,β-unsaturated/α-hetero) is 1. The van der Waals surface area contributed by atoms with Gasteiger partial charge in [0.25, 0.3) is 0 Å². The van der Waals surface area contributed by atoms with Crippen LogP contribution in [0.2, 0.25) is 0 Å². The number of hydrogen-bond donors (Lipinski definition) is 1. The van der Waals surface area contributed by atoms with E-state index in [0.29, 0.717) is 12.8 Å². The zero-order chi connectivity index (χ0) is 14.7. The van der Waals surface area contributed by atoms with Gasteiger partial charge in [-0.25, -0.2) is 4.39 Å². The number of benzene rings is 1. The summed E-state index contributed by atoms with van der Waals surface area (Å²) in [6, 6.07) is 3.93. The minimum atomic E-state index is -0.998. The highest BCUT2D eigenvalue weighted by Gasteiger charge is 2.34. The van der Waals surface area contributed by atoms with E-state index in [2.05, 4.69) is 0 Å². The van der Waals surface area contributed by atoms with Crippen LogP contribution < -0.4 is 4.74 Å². The smallest absolute Gasteiger partial charge is 0.307 e. The van der Waals surface area contributed by atoms with E-state index < -0.39 is 23.6 Å². The molecule has 106 valence electrons. The van der Waals surface area contributed by atoms with E-state index in [9.17, 15) is 14.0 Å². The SMILES string of the molecule is COc1ccc(C(=O)[C@H]2CC=CC[C@H]2C(=O)O)cc1F. The van der Waals surface area contributed by atoms with Crippen LogP contribution in [0.25, 0.3) is 0 Å². The van der Waals surface area contributed by atoms with Crippen molar-refractivity contribution in [2.45, 2.75) is 12.8 Å². The zero-order valence-corrected chi connectivity index (χ0v) is 11.0. The Morgan fingerprint density at radius 2 is 1.90 bits per heavy atom. The van der Waals surface area contributed by atoms with Crippen LogP contribution in [0.1, 0.15) is 23.2 Å². The molecule has 0 aliphatic heterocycles. The normalized spacial score (nSPS) is 21.5. The number of allylic oxidation sites excluding steroid dienone is 2. The van der Waals surface area contributed by atoms with Crippen molar-refractivity contribution in [3.05, 3.63) is 41.7 Å². The molecule has 0 unspecified atom stereocenters. The van der Waals surface area contributed by atoms with E-state index in [1.54, 1.807) is 12.2 Å². The van der Waals surface area contributed by atoms with Gasteiger partial charge in [0.2, 0.25) is 0 Å². The van der Waals surface area contributed by atoms with E-state index in [0.717, 1.165) is 6.07 Å². The molecule has 0 radical (unpaired) electrons. The Balaban J connectivity index is 2.28. The number of carbonyl (C=O) groups is 2. The van der Waals surface area contributed by atoms with Crippen molar-refractivity contribution in [3.8, 4) is 5.75 Å². The molecule has 0 fully saturated rings. The van der Waals surface area contributed by atoms with Crippen LogP contribution in [0, 0.1) is 17.7 Å². The Kier molecular flexibility index (Phi) is 4.17. The molecule has 0 saturated carbocycles. The molecule has 0 bridgehead atoms. The first-order chi connectivity index (χ1) is 9.54. The summed E-state index contributed by atoms with van der Waals surface area (Å²) in [4.78, 5) is 23.5. The average Bonchev–Trinajstić information content (AvgIpc) is 2.46. The lowest BCUT2D eigenvalue weighted by Crippen LogP contribution is -2.31. The predicted octanol–water partition coefficient (Wildman–Crippen LogP) is 2.68. The van der Waals surface area contributed by atoms with Gasteiger partial charge in [-0.3, -0.25) is 9.59 Å². The number of carbonyl (C=O) groups excluding carboxylic acids is 1. The summed E-state index contributed by atoms with van der Waals surface area (Å²) in [5.41, 5.74) is 0.176. The lowest BCUT2D eigenvalue weighted by atomic mass is 9.78. The molecular weight excluding hydrogens is 263 g/mol. The maximum absolute atomic E-state index is 13.6. The van der Waals surface area contributed by atoms with Crippen LogP contribution in [-0.2, 0) is 4.79 Å². The summed E-state index contributed by atoms with van der Waals surface area (Å²) in [6.07, 6.45) is 4.24. The fraction of sp³-hybridized carbons (Fsp3) is 0.333. The average molecular weight is 278 g/mol. The number of halogens is 1. The number of aliphatic carboxylic acids is 1. The Hall–Kier alpha value is -2.17. The number of carboxylic acids is 1. The topological polar surface area (TPSA) is 63.6 Å². The third-order valence-electron chi connectivity index (χ3n) is 3.52. The molecule has 0 saturated heterocycles. The maximum Gasteiger partial charge on any atom is 0.307 e. The highest BCUT2D eigenvalue weighted by Crippen LogP contribution is 2.30. The number of methoxy groups -OCH3 is 1. The van der Waals surface area contributed by atoms with Crippen LogP contribution in [0.3, 0.4) is 0 Å². The molecule has 1 aromatic rings. The van der Waals surface area contributed by atoms with E-state index in [-0.39, 0.29) is 17.1 Å². The number of hydrogen-bond acceptors (Lipinski definition) is 3. The monoisotopic (exact) mass is 278 g/mol. The molecule has 2 rings (SSSR count). The summed E-state index contributed by atoms with van der Waals surface area (Å²) in [5, 5.41) is 9.16. The van der Waals surface area contributed by atoms with Crippen molar-refractivity contribution < 1.29 is 23.8 Å². The van der Waals surface area contributed by atoms with Gasteiger partial charge in [0.05, 0.1) is 13.0 Å². The van der Waals surface area contributed by atoms with Crippen molar-refractivity contribution in [3.63, 3.8) is 0 Å². The highest BCUT2D eigenvalue weighted by molar-refractivity contribution is 6.00. The van der Waals surface area contributed by atoms with Crippen LogP contribution in [0.5, 0.6) is 5.75 Å². The third-order valence-corrected chi connectivity index (χ3v) is 3.52. The van der Waals surface area contributed by atoms with E-state index in [4.69, 9.17) is 9.84 Å². The summed E-state index contributed by atoms with van der Waals surface area (Å²) >= 11 is 0. The van der Waals surface area contributed by atoms with E-state index in [1.165, 1.54) is 19.2 Å². The van der Waals surface area contributed by atoms with Gasteiger partial charge in [0, 0.05) is 11.5 Å². The van der Waals surface area contributed by atoms with Gasteiger partial charge in [-0.15, -0.1) is 0 Å². The summed E-state index contributed by atoms with van der Waals surface area (Å²) in [7, 11) is 1.34. The molecule has 0 heterocycles. The van der Waals surface area contributed by atoms with Crippen LogP contribution >= 0.6 is 0 Å². The molecule has 5 heteroatoms.